The van der Waals surface area contributed by atoms with Crippen molar-refractivity contribution in [3.63, 3.8) is 0 Å². The molecule has 3 heterocycles. The zero-order valence-corrected chi connectivity index (χ0v) is 24.3. The van der Waals surface area contributed by atoms with E-state index >= 15 is 0 Å². The van der Waals surface area contributed by atoms with Gasteiger partial charge in [-0.25, -0.2) is 28.2 Å². The van der Waals surface area contributed by atoms with Crippen LogP contribution in [-0.2, 0) is 18.9 Å². The number of hydrogen-bond donors (Lipinski definition) is 1. The molecule has 3 aromatic rings. The number of nitrogens with one attached hydrogen (secondary N) is 1. The number of carbonyl (C=O) groups excluding carboxylic acids is 1. The number of carbonyl (C=O) groups is 1. The SMILES string of the molecule is CCCCOCCO[C@H]1C[C@@H](n2nnc3c(N[C@@H]4C[C@H]4c4ccc(F)c(F)c4)nc(SCCC)nc32)[C@@H]2OC(=O)O[C@@H]21. The molecule has 0 unspecified atom stereocenters. The minimum Gasteiger partial charge on any atom is -0.425 e. The molecule has 2 aliphatic carbocycles. The van der Waals surface area contributed by atoms with Crippen LogP contribution in [0, 0.1) is 11.6 Å². The van der Waals surface area contributed by atoms with E-state index in [0.29, 0.717) is 48.4 Å². The Kier molecular flexibility index (Phi) is 8.72. The Bertz CT molecular complexity index is 1430. The van der Waals surface area contributed by atoms with Crippen LogP contribution in [0.15, 0.2) is 23.4 Å². The topological polar surface area (TPSA) is 123 Å². The van der Waals surface area contributed by atoms with Crippen LogP contribution in [-0.4, -0.2) is 81.0 Å². The van der Waals surface area contributed by atoms with Crippen LogP contribution in [0.4, 0.5) is 19.4 Å². The van der Waals surface area contributed by atoms with Gasteiger partial charge in [0.2, 0.25) is 0 Å². The van der Waals surface area contributed by atoms with Gasteiger partial charge in [-0.15, -0.1) is 5.10 Å². The number of ether oxygens (including phenoxy) is 4. The van der Waals surface area contributed by atoms with Crippen molar-refractivity contribution in [2.24, 2.45) is 0 Å². The molecule has 3 fully saturated rings. The summed E-state index contributed by atoms with van der Waals surface area (Å²) in [6.45, 7) is 5.69. The third-order valence-corrected chi connectivity index (χ3v) is 8.80. The summed E-state index contributed by atoms with van der Waals surface area (Å²) in [6, 6.07) is 3.57. The summed E-state index contributed by atoms with van der Waals surface area (Å²) in [7, 11) is 0. The number of benzene rings is 1. The van der Waals surface area contributed by atoms with Crippen LogP contribution in [0.3, 0.4) is 0 Å². The second kappa shape index (κ2) is 12.6. The van der Waals surface area contributed by atoms with E-state index in [4.69, 9.17) is 28.9 Å². The maximum absolute atomic E-state index is 13.8. The van der Waals surface area contributed by atoms with Crippen LogP contribution in [0.5, 0.6) is 0 Å². The predicted molar refractivity (Wildman–Crippen MR) is 150 cm³/mol. The van der Waals surface area contributed by atoms with Gasteiger partial charge in [0.25, 0.3) is 0 Å². The zero-order chi connectivity index (χ0) is 29.2. The molecule has 2 saturated carbocycles. The van der Waals surface area contributed by atoms with Gasteiger partial charge in [0.1, 0.15) is 6.10 Å². The maximum atomic E-state index is 13.8. The lowest BCUT2D eigenvalue weighted by Gasteiger charge is -2.16. The summed E-state index contributed by atoms with van der Waals surface area (Å²) in [4.78, 5) is 21.6. The van der Waals surface area contributed by atoms with Crippen LogP contribution < -0.4 is 5.32 Å². The van der Waals surface area contributed by atoms with E-state index in [1.165, 1.54) is 17.8 Å². The minimum absolute atomic E-state index is 0.0152. The molecule has 1 aromatic carbocycles. The largest absolute Gasteiger partial charge is 0.509 e. The first kappa shape index (κ1) is 29.0. The number of unbranched alkanes of at least 4 members (excludes halogenated alkanes) is 1. The van der Waals surface area contributed by atoms with Crippen molar-refractivity contribution in [2.45, 2.75) is 87.4 Å². The first-order chi connectivity index (χ1) is 20.5. The van der Waals surface area contributed by atoms with Gasteiger partial charge in [-0.3, -0.25) is 0 Å². The lowest BCUT2D eigenvalue weighted by atomic mass is 10.1. The van der Waals surface area contributed by atoms with Crippen LogP contribution >= 0.6 is 11.8 Å². The lowest BCUT2D eigenvalue weighted by Crippen LogP contribution is -2.31. The third-order valence-electron chi connectivity index (χ3n) is 7.75. The van der Waals surface area contributed by atoms with Gasteiger partial charge in [0.15, 0.2) is 46.0 Å². The molecule has 1 aliphatic heterocycles. The van der Waals surface area contributed by atoms with E-state index in [9.17, 15) is 13.6 Å². The maximum Gasteiger partial charge on any atom is 0.509 e. The molecule has 2 aromatic heterocycles. The Morgan fingerprint density at radius 3 is 2.74 bits per heavy atom. The molecule has 1 N–H and O–H groups in total. The number of thioether (sulfide) groups is 1. The number of fused-ring (bicyclic) bond motifs is 2. The molecular weight excluding hydrogens is 570 g/mol. The number of rotatable bonds is 14. The van der Waals surface area contributed by atoms with Gasteiger partial charge >= 0.3 is 6.16 Å². The summed E-state index contributed by atoms with van der Waals surface area (Å²) >= 11 is 1.52. The van der Waals surface area contributed by atoms with E-state index in [1.807, 2.05) is 0 Å². The fourth-order valence-corrected chi connectivity index (χ4v) is 6.21. The van der Waals surface area contributed by atoms with Crippen molar-refractivity contribution in [1.82, 2.24) is 25.0 Å². The smallest absolute Gasteiger partial charge is 0.425 e. The summed E-state index contributed by atoms with van der Waals surface area (Å²) in [5.74, 6) is -0.367. The van der Waals surface area contributed by atoms with Crippen molar-refractivity contribution in [3.05, 3.63) is 35.4 Å². The molecule has 42 heavy (non-hydrogen) atoms. The lowest BCUT2D eigenvalue weighted by molar-refractivity contribution is -0.0387. The molecule has 14 heteroatoms. The molecule has 3 aliphatic rings. The van der Waals surface area contributed by atoms with Gasteiger partial charge in [-0.1, -0.05) is 43.3 Å². The summed E-state index contributed by atoms with van der Waals surface area (Å²) < 4.78 is 51.7. The second-order valence-electron chi connectivity index (χ2n) is 10.8. The highest BCUT2D eigenvalue weighted by molar-refractivity contribution is 7.99. The predicted octanol–water partition coefficient (Wildman–Crippen LogP) is 5.02. The van der Waals surface area contributed by atoms with Crippen molar-refractivity contribution in [2.75, 3.05) is 30.9 Å². The number of halogens is 2. The van der Waals surface area contributed by atoms with E-state index in [0.717, 1.165) is 43.1 Å². The van der Waals surface area contributed by atoms with Gasteiger partial charge < -0.3 is 24.3 Å². The fraction of sp³-hybridized carbons (Fsp3) is 0.607. The highest BCUT2D eigenvalue weighted by Gasteiger charge is 2.55. The zero-order valence-electron chi connectivity index (χ0n) is 23.5. The Morgan fingerprint density at radius 1 is 1.07 bits per heavy atom. The van der Waals surface area contributed by atoms with Crippen LogP contribution in [0.2, 0.25) is 0 Å². The van der Waals surface area contributed by atoms with Crippen molar-refractivity contribution in [3.8, 4) is 0 Å². The Hall–Kier alpha value is -3.10. The minimum atomic E-state index is -0.865. The van der Waals surface area contributed by atoms with Gasteiger partial charge in [-0.05, 0) is 37.0 Å². The van der Waals surface area contributed by atoms with Gasteiger partial charge in [-0.2, -0.15) is 0 Å². The van der Waals surface area contributed by atoms with Gasteiger partial charge in [0.05, 0.1) is 19.3 Å². The van der Waals surface area contributed by atoms with Crippen molar-refractivity contribution >= 4 is 34.9 Å². The Balaban J connectivity index is 1.23. The summed E-state index contributed by atoms with van der Waals surface area (Å²) in [5.41, 5.74) is 1.71. The van der Waals surface area contributed by atoms with E-state index in [1.54, 1.807) is 10.7 Å². The average molecular weight is 605 g/mol. The molecule has 11 nitrogen and oxygen atoms in total. The first-order valence-electron chi connectivity index (χ1n) is 14.5. The van der Waals surface area contributed by atoms with Crippen molar-refractivity contribution in [1.29, 1.82) is 0 Å². The van der Waals surface area contributed by atoms with Crippen molar-refractivity contribution < 1.29 is 32.5 Å². The number of nitrogens with zero attached hydrogens (tertiary/aromatic N) is 5. The number of anilines is 1. The first-order valence-corrected chi connectivity index (χ1v) is 15.5. The molecule has 1 saturated heterocycles. The summed E-state index contributed by atoms with van der Waals surface area (Å²) in [6.07, 6.45) is 1.91. The number of aromatic nitrogens is 5. The molecule has 6 rings (SSSR count). The Morgan fingerprint density at radius 2 is 1.93 bits per heavy atom. The summed E-state index contributed by atoms with van der Waals surface area (Å²) in [5, 5.41) is 12.8. The molecule has 0 bridgehead atoms. The van der Waals surface area contributed by atoms with Crippen LogP contribution in [0.1, 0.15) is 63.5 Å². The quantitative estimate of drug-likeness (QED) is 0.115. The van der Waals surface area contributed by atoms with E-state index in [-0.39, 0.29) is 12.0 Å². The Labute approximate surface area is 246 Å². The fourth-order valence-electron chi connectivity index (χ4n) is 5.52. The molecule has 6 atom stereocenters. The third kappa shape index (κ3) is 6.02. The van der Waals surface area contributed by atoms with E-state index < -0.39 is 42.1 Å². The monoisotopic (exact) mass is 604 g/mol. The average Bonchev–Trinajstić information content (AvgIpc) is 3.27. The number of hydrogen-bond acceptors (Lipinski definition) is 11. The highest BCUT2D eigenvalue weighted by atomic mass is 32.2. The molecule has 0 spiro atoms. The molecule has 0 radical (unpaired) electrons. The van der Waals surface area contributed by atoms with E-state index in [2.05, 4.69) is 29.5 Å². The van der Waals surface area contributed by atoms with Gasteiger partial charge in [0, 0.05) is 30.7 Å². The second-order valence-corrected chi connectivity index (χ2v) is 11.8. The molecular formula is C28H34F2N6O5S. The molecule has 226 valence electrons. The normalized spacial score (nSPS) is 26.3. The standard InChI is InChI=1S/C28H34F2N6O5S/c1-3-5-8-38-9-10-39-21-14-20(23-24(21)41-28(37)40-23)36-26-22(34-35-36)25(32-27(33-26)42-11-4-2)31-19-13-16(19)15-6-7-17(29)18(30)12-15/h6-7,12,16,19-21,23-24H,3-5,8-11,13-14H2,1-2H3,(H,31,32,33)/t16-,19+,20+,21-,23-,24+/m0/s1. The molecule has 0 amide bonds. The van der Waals surface area contributed by atoms with Crippen LogP contribution in [0.25, 0.3) is 11.2 Å². The highest BCUT2D eigenvalue weighted by Crippen LogP contribution is 2.45.